The summed E-state index contributed by atoms with van der Waals surface area (Å²) in [6.45, 7) is 0. The number of nitrogens with zero attached hydrogens (tertiary/aromatic N) is 2. The lowest BCUT2D eigenvalue weighted by Crippen LogP contribution is -2.32. The normalized spacial score (nSPS) is 11.7. The van der Waals surface area contributed by atoms with Gasteiger partial charge in [-0.1, -0.05) is 48.5 Å². The molecule has 1 aromatic heterocycles. The van der Waals surface area contributed by atoms with Gasteiger partial charge in [-0.3, -0.25) is 19.7 Å². The summed E-state index contributed by atoms with van der Waals surface area (Å²) in [7, 11) is 0. The number of hydrogen-bond donors (Lipinski definition) is 2. The minimum Gasteiger partial charge on any atom is -0.455 e. The predicted octanol–water partition coefficient (Wildman–Crippen LogP) is 4.87. The van der Waals surface area contributed by atoms with Crippen molar-refractivity contribution in [3.8, 4) is 11.3 Å². The van der Waals surface area contributed by atoms with Crippen molar-refractivity contribution in [2.45, 2.75) is 12.5 Å². The van der Waals surface area contributed by atoms with Crippen LogP contribution >= 0.6 is 0 Å². The van der Waals surface area contributed by atoms with Crippen LogP contribution in [-0.4, -0.2) is 23.0 Å². The van der Waals surface area contributed by atoms with Gasteiger partial charge in [-0.05, 0) is 42.0 Å². The second-order valence-electron chi connectivity index (χ2n) is 7.81. The third-order valence-electron chi connectivity index (χ3n) is 5.30. The van der Waals surface area contributed by atoms with Crippen LogP contribution in [0.25, 0.3) is 11.3 Å². The molecule has 0 saturated heterocycles. The lowest BCUT2D eigenvalue weighted by atomic mass is 10.0. The average Bonchev–Trinajstić information content (AvgIpc) is 3.38. The molecule has 36 heavy (non-hydrogen) atoms. The molecule has 2 amide bonds. The van der Waals surface area contributed by atoms with Gasteiger partial charge in [0.25, 0.3) is 11.6 Å². The molecule has 0 spiro atoms. The molecule has 0 aliphatic rings. The van der Waals surface area contributed by atoms with Crippen LogP contribution < -0.4 is 10.7 Å². The molecule has 1 heterocycles. The number of nitrogens with one attached hydrogen (secondary N) is 2. The predicted molar refractivity (Wildman–Crippen MR) is 134 cm³/mol. The molecule has 0 saturated carbocycles. The van der Waals surface area contributed by atoms with E-state index in [1.165, 1.54) is 18.3 Å². The Kier molecular flexibility index (Phi) is 7.62. The smallest absolute Gasteiger partial charge is 0.269 e. The van der Waals surface area contributed by atoms with E-state index in [4.69, 9.17) is 4.42 Å². The molecule has 2 N–H and O–H groups in total. The van der Waals surface area contributed by atoms with Gasteiger partial charge in [-0.2, -0.15) is 5.10 Å². The molecule has 0 fully saturated rings. The second-order valence-corrected chi connectivity index (χ2v) is 7.81. The largest absolute Gasteiger partial charge is 0.455 e. The fourth-order valence-corrected chi connectivity index (χ4v) is 3.49. The number of non-ortho nitro benzene ring substituents is 1. The van der Waals surface area contributed by atoms with E-state index >= 15 is 0 Å². The average molecular weight is 482 g/mol. The summed E-state index contributed by atoms with van der Waals surface area (Å²) in [6, 6.07) is 26.8. The molecule has 4 rings (SSSR count). The third kappa shape index (κ3) is 6.29. The highest BCUT2D eigenvalue weighted by Crippen LogP contribution is 2.24. The van der Waals surface area contributed by atoms with Crippen molar-refractivity contribution in [3.63, 3.8) is 0 Å². The molecule has 0 bridgehead atoms. The summed E-state index contributed by atoms with van der Waals surface area (Å²) in [5, 5.41) is 17.7. The van der Waals surface area contributed by atoms with Crippen LogP contribution in [0, 0.1) is 10.1 Å². The van der Waals surface area contributed by atoms with E-state index < -0.39 is 16.9 Å². The Bertz CT molecular complexity index is 1370. The zero-order valence-electron chi connectivity index (χ0n) is 19.0. The number of amides is 2. The first-order valence-corrected chi connectivity index (χ1v) is 11.1. The molecular weight excluding hydrogens is 460 g/mol. The topological polar surface area (TPSA) is 127 Å². The van der Waals surface area contributed by atoms with Crippen molar-refractivity contribution < 1.29 is 18.9 Å². The number of nitro benzene ring substituents is 1. The van der Waals surface area contributed by atoms with E-state index in [0.29, 0.717) is 22.6 Å². The molecule has 3 aromatic carbocycles. The maximum Gasteiger partial charge on any atom is 0.269 e. The highest BCUT2D eigenvalue weighted by Gasteiger charge is 2.19. The lowest BCUT2D eigenvalue weighted by molar-refractivity contribution is -0.384. The van der Waals surface area contributed by atoms with Crippen LogP contribution in [0.3, 0.4) is 0 Å². The summed E-state index contributed by atoms with van der Waals surface area (Å²) in [5.41, 5.74) is 4.41. The summed E-state index contributed by atoms with van der Waals surface area (Å²) in [6.07, 6.45) is 1.33. The second kappa shape index (κ2) is 11.4. The first kappa shape index (κ1) is 24.1. The Labute approximate surface area is 206 Å². The lowest BCUT2D eigenvalue weighted by Gasteiger charge is -2.18. The number of carbonyl (C=O) groups is 2. The number of hydrazone groups is 1. The van der Waals surface area contributed by atoms with Crippen LogP contribution in [0.5, 0.6) is 0 Å². The van der Waals surface area contributed by atoms with Crippen LogP contribution in [0.4, 0.5) is 5.69 Å². The van der Waals surface area contributed by atoms with Crippen LogP contribution in [0.2, 0.25) is 0 Å². The van der Waals surface area contributed by atoms with E-state index in [2.05, 4.69) is 15.8 Å². The zero-order valence-corrected chi connectivity index (χ0v) is 19.0. The third-order valence-corrected chi connectivity index (χ3v) is 5.30. The van der Waals surface area contributed by atoms with Gasteiger partial charge in [0.05, 0.1) is 23.6 Å². The van der Waals surface area contributed by atoms with Crippen molar-refractivity contribution in [2.75, 3.05) is 0 Å². The molecule has 0 aliphatic heterocycles. The van der Waals surface area contributed by atoms with Gasteiger partial charge in [-0.25, -0.2) is 5.43 Å². The SMILES string of the molecule is O=C(C[C@H](NC(=O)c1ccccc1)c1ccccc1)N/N=C\c1ccc(-c2ccc([N+](=O)[O-])cc2)o1. The first-order chi connectivity index (χ1) is 17.5. The molecule has 9 nitrogen and oxygen atoms in total. The summed E-state index contributed by atoms with van der Waals surface area (Å²) < 4.78 is 5.68. The van der Waals surface area contributed by atoms with E-state index in [1.54, 1.807) is 48.5 Å². The van der Waals surface area contributed by atoms with Gasteiger partial charge in [0.1, 0.15) is 11.5 Å². The van der Waals surface area contributed by atoms with Gasteiger partial charge >= 0.3 is 0 Å². The van der Waals surface area contributed by atoms with E-state index in [0.717, 1.165) is 5.56 Å². The minimum atomic E-state index is -0.550. The number of rotatable bonds is 9. The van der Waals surface area contributed by atoms with Crippen LogP contribution in [0.1, 0.15) is 34.1 Å². The number of hydrogen-bond acceptors (Lipinski definition) is 6. The van der Waals surface area contributed by atoms with Gasteiger partial charge in [0, 0.05) is 23.3 Å². The van der Waals surface area contributed by atoms with Gasteiger partial charge in [0.15, 0.2) is 0 Å². The Morgan fingerprint density at radius 2 is 1.58 bits per heavy atom. The minimum absolute atomic E-state index is 0.0106. The molecule has 0 aliphatic carbocycles. The van der Waals surface area contributed by atoms with Crippen molar-refractivity contribution in [3.05, 3.63) is 124 Å². The molecule has 9 heteroatoms. The van der Waals surface area contributed by atoms with Crippen LogP contribution in [0.15, 0.2) is 107 Å². The fraction of sp³-hybridized carbons (Fsp3) is 0.0741. The van der Waals surface area contributed by atoms with E-state index in [1.807, 2.05) is 36.4 Å². The maximum absolute atomic E-state index is 12.7. The summed E-state index contributed by atoms with van der Waals surface area (Å²) in [5.74, 6) is 0.219. The quantitative estimate of drug-likeness (QED) is 0.200. The summed E-state index contributed by atoms with van der Waals surface area (Å²) >= 11 is 0. The number of carbonyl (C=O) groups excluding carboxylic acids is 2. The molecule has 0 radical (unpaired) electrons. The first-order valence-electron chi connectivity index (χ1n) is 11.1. The molecular formula is C27H22N4O5. The van der Waals surface area contributed by atoms with Gasteiger partial charge in [-0.15, -0.1) is 0 Å². The molecule has 180 valence electrons. The Morgan fingerprint density at radius 1 is 0.917 bits per heavy atom. The van der Waals surface area contributed by atoms with Crippen molar-refractivity contribution in [1.29, 1.82) is 0 Å². The van der Waals surface area contributed by atoms with Crippen LogP contribution in [-0.2, 0) is 4.79 Å². The number of benzene rings is 3. The highest BCUT2D eigenvalue weighted by atomic mass is 16.6. The molecule has 0 unspecified atom stereocenters. The molecule has 4 aromatic rings. The van der Waals surface area contributed by atoms with Gasteiger partial charge < -0.3 is 9.73 Å². The van der Waals surface area contributed by atoms with E-state index in [-0.39, 0.29) is 18.0 Å². The maximum atomic E-state index is 12.7. The summed E-state index contributed by atoms with van der Waals surface area (Å²) in [4.78, 5) is 35.6. The Morgan fingerprint density at radius 3 is 2.25 bits per heavy atom. The molecule has 1 atom stereocenters. The van der Waals surface area contributed by atoms with Gasteiger partial charge in [0.2, 0.25) is 5.91 Å². The monoisotopic (exact) mass is 482 g/mol. The zero-order chi connectivity index (χ0) is 25.3. The highest BCUT2D eigenvalue weighted by molar-refractivity contribution is 5.94. The number of nitro groups is 1. The fourth-order valence-electron chi connectivity index (χ4n) is 3.49. The van der Waals surface area contributed by atoms with Crippen molar-refractivity contribution in [2.24, 2.45) is 5.10 Å². The number of furan rings is 1. The Balaban J connectivity index is 1.38. The van der Waals surface area contributed by atoms with Crippen molar-refractivity contribution >= 4 is 23.7 Å². The standard InChI is InChI=1S/C27H22N4O5/c32-26(17-24(19-7-3-1-4-8-19)29-27(33)21-9-5-2-6-10-21)30-28-18-23-15-16-25(36-23)20-11-13-22(14-12-20)31(34)35/h1-16,18,24H,17H2,(H,29,33)(H,30,32)/b28-18-/t24-/m0/s1. The van der Waals surface area contributed by atoms with Crippen molar-refractivity contribution in [1.82, 2.24) is 10.7 Å². The van der Waals surface area contributed by atoms with E-state index in [9.17, 15) is 19.7 Å². The Hall–Kier alpha value is -5.05.